The third-order valence-electron chi connectivity index (χ3n) is 3.86. The quantitative estimate of drug-likeness (QED) is 0.319. The van der Waals surface area contributed by atoms with E-state index >= 15 is 0 Å². The number of rotatable bonds is 10. The molecule has 0 unspecified atom stereocenters. The highest BCUT2D eigenvalue weighted by Crippen LogP contribution is 2.29. The molecule has 0 aromatic heterocycles. The average Bonchev–Trinajstić information content (AvgIpc) is 2.71. The number of aromatic hydroxyl groups is 1. The molecule has 9 nitrogen and oxygen atoms in total. The largest absolute Gasteiger partial charge is 0.504 e. The van der Waals surface area contributed by atoms with Crippen LogP contribution in [0, 0.1) is 0 Å². The lowest BCUT2D eigenvalue weighted by Crippen LogP contribution is -2.07. The fourth-order valence-electron chi connectivity index (χ4n) is 2.44. The minimum absolute atomic E-state index is 0.0237. The van der Waals surface area contributed by atoms with Gasteiger partial charge in [0.2, 0.25) is 0 Å². The molecule has 0 aliphatic rings. The molecule has 0 radical (unpaired) electrons. The van der Waals surface area contributed by atoms with Crippen molar-refractivity contribution in [3.05, 3.63) is 59.7 Å². The average molecular weight is 448 g/mol. The lowest BCUT2D eigenvalue weighted by molar-refractivity contribution is -0.121. The minimum Gasteiger partial charge on any atom is -0.504 e. The van der Waals surface area contributed by atoms with E-state index in [-0.39, 0.29) is 29.4 Å². The highest BCUT2D eigenvalue weighted by Gasteiger charge is 2.13. The first kappa shape index (κ1) is 23.6. The maximum atomic E-state index is 12.0. The smallest absolute Gasteiger partial charge is 0.446 e. The van der Waals surface area contributed by atoms with Gasteiger partial charge >= 0.3 is 10.4 Å². The molecule has 0 amide bonds. The van der Waals surface area contributed by atoms with Crippen LogP contribution in [0.5, 0.6) is 23.0 Å². The zero-order valence-corrected chi connectivity index (χ0v) is 17.5. The standard InChI is InChI=1S/C21H20O9S/c1-28-20-11-14(5-9-18(20)24)3-7-16(22)13-17(23)8-4-15-6-10-19(21(12-15)29-2)30-31(25,26)27/h3-12,24H,13H2,1-2H3,(H,25,26,27)/b7-3+,8-4+. The Kier molecular flexibility index (Phi) is 7.94. The molecule has 2 N–H and O–H groups in total. The summed E-state index contributed by atoms with van der Waals surface area (Å²) in [5.74, 6) is -0.834. The Morgan fingerprint density at radius 2 is 1.39 bits per heavy atom. The van der Waals surface area contributed by atoms with E-state index in [1.807, 2.05) is 0 Å². The van der Waals surface area contributed by atoms with Gasteiger partial charge in [0.1, 0.15) is 0 Å². The zero-order valence-electron chi connectivity index (χ0n) is 16.6. The summed E-state index contributed by atoms with van der Waals surface area (Å²) < 4.78 is 44.8. The number of carbonyl (C=O) groups is 2. The number of hydrogen-bond donors (Lipinski definition) is 2. The number of carbonyl (C=O) groups excluding carboxylic acids is 2. The minimum atomic E-state index is -4.71. The summed E-state index contributed by atoms with van der Waals surface area (Å²) in [6.45, 7) is 0. The molecule has 2 aromatic carbocycles. The maximum absolute atomic E-state index is 12.0. The summed E-state index contributed by atoms with van der Waals surface area (Å²) in [5.41, 5.74) is 1.09. The Bertz CT molecular complexity index is 1130. The number of phenols is 1. The summed E-state index contributed by atoms with van der Waals surface area (Å²) >= 11 is 0. The van der Waals surface area contributed by atoms with Gasteiger partial charge in [0.25, 0.3) is 0 Å². The number of benzene rings is 2. The first-order valence-corrected chi connectivity index (χ1v) is 10.1. The van der Waals surface area contributed by atoms with Gasteiger partial charge in [-0.2, -0.15) is 8.42 Å². The lowest BCUT2D eigenvalue weighted by atomic mass is 10.1. The number of ketones is 2. The molecular weight excluding hydrogens is 428 g/mol. The van der Waals surface area contributed by atoms with E-state index in [4.69, 9.17) is 14.0 Å². The second-order valence-corrected chi connectivity index (χ2v) is 7.15. The van der Waals surface area contributed by atoms with Crippen LogP contribution in [0.25, 0.3) is 12.2 Å². The van der Waals surface area contributed by atoms with Crippen LogP contribution >= 0.6 is 0 Å². The fraction of sp³-hybridized carbons (Fsp3) is 0.143. The van der Waals surface area contributed by atoms with E-state index in [1.54, 1.807) is 12.1 Å². The zero-order chi connectivity index (χ0) is 23.0. The SMILES string of the molecule is COc1cc(/C=C/C(=O)CC(=O)/C=C/c2ccc(OS(=O)(=O)O)c(OC)c2)ccc1O. The molecule has 0 atom stereocenters. The Balaban J connectivity index is 2.01. The normalized spacial score (nSPS) is 11.6. The molecular formula is C21H20O9S. The molecule has 31 heavy (non-hydrogen) atoms. The van der Waals surface area contributed by atoms with Gasteiger partial charge < -0.3 is 18.8 Å². The van der Waals surface area contributed by atoms with E-state index < -0.39 is 22.0 Å². The molecule has 2 aromatic rings. The van der Waals surface area contributed by atoms with Crippen molar-refractivity contribution < 1.29 is 41.3 Å². The van der Waals surface area contributed by atoms with Gasteiger partial charge in [-0.15, -0.1) is 0 Å². The molecule has 0 heterocycles. The number of phenolic OH excluding ortho intramolecular Hbond substituents is 1. The summed E-state index contributed by atoms with van der Waals surface area (Å²) in [7, 11) is -2.03. The Morgan fingerprint density at radius 3 is 1.90 bits per heavy atom. The van der Waals surface area contributed by atoms with Gasteiger partial charge in [0.05, 0.1) is 20.6 Å². The van der Waals surface area contributed by atoms with Crippen LogP contribution in [0.3, 0.4) is 0 Å². The Morgan fingerprint density at radius 1 is 0.871 bits per heavy atom. The summed E-state index contributed by atoms with van der Waals surface area (Å²) in [5, 5.41) is 9.56. The number of ether oxygens (including phenoxy) is 2. The third kappa shape index (κ3) is 7.61. The van der Waals surface area contributed by atoms with Gasteiger partial charge in [-0.3, -0.25) is 14.1 Å². The maximum Gasteiger partial charge on any atom is 0.446 e. The van der Waals surface area contributed by atoms with E-state index in [0.29, 0.717) is 11.1 Å². The topological polar surface area (TPSA) is 136 Å². The van der Waals surface area contributed by atoms with Gasteiger partial charge in [0.15, 0.2) is 34.6 Å². The molecule has 0 spiro atoms. The molecule has 2 rings (SSSR count). The van der Waals surface area contributed by atoms with Gasteiger partial charge in [0, 0.05) is 0 Å². The summed E-state index contributed by atoms with van der Waals surface area (Å²) in [6, 6.07) is 8.64. The highest BCUT2D eigenvalue weighted by molar-refractivity contribution is 7.81. The molecule has 0 aliphatic carbocycles. The Labute approximate surface area is 179 Å². The number of hydrogen-bond acceptors (Lipinski definition) is 8. The van der Waals surface area contributed by atoms with Crippen molar-refractivity contribution in [1.29, 1.82) is 0 Å². The molecule has 164 valence electrons. The molecule has 0 aliphatic heterocycles. The number of allylic oxidation sites excluding steroid dienone is 2. The lowest BCUT2D eigenvalue weighted by Gasteiger charge is -2.08. The van der Waals surface area contributed by atoms with Gasteiger partial charge in [-0.25, -0.2) is 0 Å². The van der Waals surface area contributed by atoms with E-state index in [0.717, 1.165) is 0 Å². The number of methoxy groups -OCH3 is 2. The van der Waals surface area contributed by atoms with Crippen LogP contribution in [0.15, 0.2) is 48.6 Å². The highest BCUT2D eigenvalue weighted by atomic mass is 32.3. The van der Waals surface area contributed by atoms with Crippen molar-refractivity contribution in [1.82, 2.24) is 0 Å². The first-order chi connectivity index (χ1) is 14.6. The van der Waals surface area contributed by atoms with Crippen LogP contribution in [0.2, 0.25) is 0 Å². The first-order valence-electron chi connectivity index (χ1n) is 8.75. The molecule has 0 bridgehead atoms. The van der Waals surface area contributed by atoms with Crippen molar-refractivity contribution in [3.63, 3.8) is 0 Å². The summed E-state index contributed by atoms with van der Waals surface area (Å²) in [4.78, 5) is 24.0. The Hall–Kier alpha value is -3.63. The van der Waals surface area contributed by atoms with Gasteiger partial charge in [-0.1, -0.05) is 24.3 Å². The fourth-order valence-corrected chi connectivity index (χ4v) is 2.80. The second-order valence-electron chi connectivity index (χ2n) is 6.13. The molecule has 0 saturated carbocycles. The predicted octanol–water partition coefficient (Wildman–Crippen LogP) is 2.85. The van der Waals surface area contributed by atoms with Crippen molar-refractivity contribution in [3.8, 4) is 23.0 Å². The van der Waals surface area contributed by atoms with Crippen molar-refractivity contribution in [2.75, 3.05) is 14.2 Å². The monoisotopic (exact) mass is 448 g/mol. The van der Waals surface area contributed by atoms with E-state index in [9.17, 15) is 23.1 Å². The molecule has 0 fully saturated rings. The van der Waals surface area contributed by atoms with E-state index in [1.165, 1.54) is 62.8 Å². The second kappa shape index (κ2) is 10.4. The predicted molar refractivity (Wildman–Crippen MR) is 113 cm³/mol. The van der Waals surface area contributed by atoms with Crippen molar-refractivity contribution in [2.45, 2.75) is 6.42 Å². The third-order valence-corrected chi connectivity index (χ3v) is 4.25. The van der Waals surface area contributed by atoms with Crippen molar-refractivity contribution in [2.24, 2.45) is 0 Å². The molecule has 10 heteroatoms. The summed E-state index contributed by atoms with van der Waals surface area (Å²) in [6.07, 6.45) is 5.02. The van der Waals surface area contributed by atoms with Crippen molar-refractivity contribution >= 4 is 34.1 Å². The molecule has 0 saturated heterocycles. The van der Waals surface area contributed by atoms with Crippen LogP contribution < -0.4 is 13.7 Å². The van der Waals surface area contributed by atoms with Crippen LogP contribution in [0.1, 0.15) is 17.5 Å². The van der Waals surface area contributed by atoms with Crippen LogP contribution in [0.4, 0.5) is 0 Å². The van der Waals surface area contributed by atoms with Gasteiger partial charge in [-0.05, 0) is 47.5 Å². The van der Waals surface area contributed by atoms with Crippen LogP contribution in [-0.2, 0) is 20.0 Å². The van der Waals surface area contributed by atoms with E-state index in [2.05, 4.69) is 4.18 Å². The van der Waals surface area contributed by atoms with Crippen LogP contribution in [-0.4, -0.2) is 43.9 Å².